The molecule has 4 N–H and O–H groups in total. The zero-order valence-electron chi connectivity index (χ0n) is 15.3. The minimum Gasteiger partial charge on any atom is -0.497 e. The predicted molar refractivity (Wildman–Crippen MR) is 104 cm³/mol. The van der Waals surface area contributed by atoms with Gasteiger partial charge in [0.1, 0.15) is 11.6 Å². The van der Waals surface area contributed by atoms with Crippen LogP contribution in [0.3, 0.4) is 0 Å². The van der Waals surface area contributed by atoms with Gasteiger partial charge in [0.2, 0.25) is 5.91 Å². The van der Waals surface area contributed by atoms with E-state index in [0.717, 1.165) is 5.56 Å². The SMILES string of the molecule is COc1ccc(NS(=O)(=O)C2NNCC2C(=O)Nc2cc(C)ccc2F)cc1. The van der Waals surface area contributed by atoms with E-state index >= 15 is 0 Å². The number of hydrazine groups is 1. The summed E-state index contributed by atoms with van der Waals surface area (Å²) in [4.78, 5) is 12.6. The molecule has 1 fully saturated rings. The smallest absolute Gasteiger partial charge is 0.250 e. The number of anilines is 2. The van der Waals surface area contributed by atoms with Gasteiger partial charge >= 0.3 is 0 Å². The number of rotatable bonds is 6. The topological polar surface area (TPSA) is 109 Å². The molecule has 1 heterocycles. The van der Waals surface area contributed by atoms with Crippen molar-refractivity contribution < 1.29 is 22.3 Å². The van der Waals surface area contributed by atoms with Crippen molar-refractivity contribution in [2.24, 2.45) is 5.92 Å². The molecule has 0 spiro atoms. The van der Waals surface area contributed by atoms with Crippen LogP contribution >= 0.6 is 0 Å². The Morgan fingerprint density at radius 3 is 2.61 bits per heavy atom. The third-order valence-electron chi connectivity index (χ3n) is 4.33. The fourth-order valence-corrected chi connectivity index (χ4v) is 4.33. The number of hydrogen-bond donors (Lipinski definition) is 4. The maximum atomic E-state index is 13.9. The number of amides is 1. The van der Waals surface area contributed by atoms with Gasteiger partial charge in [-0.1, -0.05) is 6.07 Å². The van der Waals surface area contributed by atoms with Gasteiger partial charge < -0.3 is 10.1 Å². The second-order valence-electron chi connectivity index (χ2n) is 6.40. The molecular weight excluding hydrogens is 387 g/mol. The van der Waals surface area contributed by atoms with Crippen LogP contribution in [0.1, 0.15) is 5.56 Å². The molecule has 1 aliphatic rings. The minimum atomic E-state index is -3.96. The van der Waals surface area contributed by atoms with E-state index < -0.39 is 33.0 Å². The number of hydrogen-bond acceptors (Lipinski definition) is 6. The first-order valence-electron chi connectivity index (χ1n) is 8.51. The molecule has 28 heavy (non-hydrogen) atoms. The van der Waals surface area contributed by atoms with Gasteiger partial charge in [0, 0.05) is 12.2 Å². The Hall–Kier alpha value is -2.69. The summed E-state index contributed by atoms with van der Waals surface area (Å²) >= 11 is 0. The van der Waals surface area contributed by atoms with Crippen molar-refractivity contribution in [3.63, 3.8) is 0 Å². The summed E-state index contributed by atoms with van der Waals surface area (Å²) in [6.45, 7) is 1.84. The molecule has 2 aromatic rings. The molecule has 0 aromatic heterocycles. The molecule has 1 aliphatic heterocycles. The Morgan fingerprint density at radius 2 is 1.93 bits per heavy atom. The molecule has 8 nitrogen and oxygen atoms in total. The van der Waals surface area contributed by atoms with E-state index in [0.29, 0.717) is 11.4 Å². The normalized spacial score (nSPS) is 19.2. The lowest BCUT2D eigenvalue weighted by Crippen LogP contribution is -2.45. The third kappa shape index (κ3) is 4.41. The molecule has 2 unspecified atom stereocenters. The van der Waals surface area contributed by atoms with Gasteiger partial charge in [0.25, 0.3) is 10.0 Å². The summed E-state index contributed by atoms with van der Waals surface area (Å²) in [5.41, 5.74) is 6.39. The van der Waals surface area contributed by atoms with Crippen molar-refractivity contribution in [1.29, 1.82) is 0 Å². The Kier molecular flexibility index (Phi) is 5.82. The zero-order valence-corrected chi connectivity index (χ0v) is 16.1. The summed E-state index contributed by atoms with van der Waals surface area (Å²) in [7, 11) is -2.45. The Labute approximate surface area is 162 Å². The number of halogens is 1. The fourth-order valence-electron chi connectivity index (χ4n) is 2.85. The van der Waals surface area contributed by atoms with E-state index in [1.807, 2.05) is 0 Å². The number of benzene rings is 2. The van der Waals surface area contributed by atoms with E-state index in [-0.39, 0.29) is 12.2 Å². The number of carbonyl (C=O) groups is 1. The van der Waals surface area contributed by atoms with Gasteiger partial charge in [-0.05, 0) is 48.9 Å². The van der Waals surface area contributed by atoms with Crippen molar-refractivity contribution in [3.05, 3.63) is 53.8 Å². The van der Waals surface area contributed by atoms with Crippen LogP contribution in [0.25, 0.3) is 0 Å². The van der Waals surface area contributed by atoms with E-state index in [1.54, 1.807) is 37.3 Å². The quantitative estimate of drug-likeness (QED) is 0.578. The Bertz CT molecular complexity index is 966. The highest BCUT2D eigenvalue weighted by Gasteiger charge is 2.42. The van der Waals surface area contributed by atoms with Crippen molar-refractivity contribution in [2.45, 2.75) is 12.3 Å². The molecule has 3 rings (SSSR count). The van der Waals surface area contributed by atoms with Crippen molar-refractivity contribution in [3.8, 4) is 5.75 Å². The lowest BCUT2D eigenvalue weighted by molar-refractivity contribution is -0.119. The second kappa shape index (κ2) is 8.13. The largest absolute Gasteiger partial charge is 0.497 e. The molecule has 2 aromatic carbocycles. The number of nitrogens with one attached hydrogen (secondary N) is 4. The molecule has 2 atom stereocenters. The zero-order chi connectivity index (χ0) is 20.3. The van der Waals surface area contributed by atoms with Crippen LogP contribution in [-0.2, 0) is 14.8 Å². The molecule has 10 heteroatoms. The van der Waals surface area contributed by atoms with Crippen LogP contribution in [0, 0.1) is 18.7 Å². The van der Waals surface area contributed by atoms with Gasteiger partial charge in [0.15, 0.2) is 5.37 Å². The predicted octanol–water partition coefficient (Wildman–Crippen LogP) is 1.57. The first-order chi connectivity index (χ1) is 13.3. The molecule has 0 aliphatic carbocycles. The van der Waals surface area contributed by atoms with Crippen molar-refractivity contribution in [2.75, 3.05) is 23.7 Å². The summed E-state index contributed by atoms with van der Waals surface area (Å²) in [6.07, 6.45) is 0. The Morgan fingerprint density at radius 1 is 1.21 bits per heavy atom. The van der Waals surface area contributed by atoms with Gasteiger partial charge in [0.05, 0.1) is 18.7 Å². The number of methoxy groups -OCH3 is 1. The lowest BCUT2D eigenvalue weighted by atomic mass is 10.1. The molecule has 1 amide bonds. The van der Waals surface area contributed by atoms with Crippen LogP contribution < -0.4 is 25.6 Å². The molecule has 0 radical (unpaired) electrons. The van der Waals surface area contributed by atoms with Gasteiger partial charge in [-0.15, -0.1) is 0 Å². The monoisotopic (exact) mass is 408 g/mol. The van der Waals surface area contributed by atoms with Crippen LogP contribution in [0.2, 0.25) is 0 Å². The first-order valence-corrected chi connectivity index (χ1v) is 10.1. The van der Waals surface area contributed by atoms with Crippen LogP contribution in [0.5, 0.6) is 5.75 Å². The van der Waals surface area contributed by atoms with Crippen molar-refractivity contribution in [1.82, 2.24) is 10.9 Å². The molecule has 0 saturated carbocycles. The number of ether oxygens (including phenoxy) is 1. The maximum Gasteiger partial charge on any atom is 0.250 e. The molecular formula is C18H21FN4O4S. The first kappa shape index (κ1) is 20.1. The van der Waals surface area contributed by atoms with E-state index in [1.165, 1.54) is 19.2 Å². The maximum absolute atomic E-state index is 13.9. The number of carbonyl (C=O) groups excluding carboxylic acids is 1. The van der Waals surface area contributed by atoms with E-state index in [2.05, 4.69) is 20.9 Å². The number of aryl methyl sites for hydroxylation is 1. The molecule has 0 bridgehead atoms. The average molecular weight is 408 g/mol. The highest BCUT2D eigenvalue weighted by atomic mass is 32.2. The van der Waals surface area contributed by atoms with Crippen LogP contribution in [0.15, 0.2) is 42.5 Å². The van der Waals surface area contributed by atoms with E-state index in [4.69, 9.17) is 4.74 Å². The average Bonchev–Trinajstić information content (AvgIpc) is 3.16. The van der Waals surface area contributed by atoms with E-state index in [9.17, 15) is 17.6 Å². The fraction of sp³-hybridized carbons (Fsp3) is 0.278. The van der Waals surface area contributed by atoms with Gasteiger partial charge in [-0.2, -0.15) is 0 Å². The summed E-state index contributed by atoms with van der Waals surface area (Å²) < 4.78 is 46.9. The Balaban J connectivity index is 1.75. The molecule has 150 valence electrons. The van der Waals surface area contributed by atoms with Gasteiger partial charge in [-0.3, -0.25) is 14.9 Å². The third-order valence-corrected chi connectivity index (χ3v) is 5.97. The highest BCUT2D eigenvalue weighted by Crippen LogP contribution is 2.23. The lowest BCUT2D eigenvalue weighted by Gasteiger charge is -2.20. The second-order valence-corrected chi connectivity index (χ2v) is 8.20. The van der Waals surface area contributed by atoms with Crippen LogP contribution in [-0.4, -0.2) is 33.4 Å². The summed E-state index contributed by atoms with van der Waals surface area (Å²) in [5, 5.41) is 1.24. The minimum absolute atomic E-state index is 0.0103. The van der Waals surface area contributed by atoms with Gasteiger partial charge in [-0.25, -0.2) is 18.2 Å². The number of sulfonamides is 1. The van der Waals surface area contributed by atoms with Crippen molar-refractivity contribution >= 4 is 27.3 Å². The molecule has 1 saturated heterocycles. The summed E-state index contributed by atoms with van der Waals surface area (Å²) in [5.74, 6) is -1.57. The summed E-state index contributed by atoms with van der Waals surface area (Å²) in [6, 6.07) is 10.6. The van der Waals surface area contributed by atoms with Crippen LogP contribution in [0.4, 0.5) is 15.8 Å². The standard InChI is InChI=1S/C18H21FN4O4S/c1-11-3-8-15(19)16(9-11)21-17(24)14-10-20-22-18(14)28(25,26)23-12-4-6-13(27-2)7-5-12/h3-9,14,18,20,22-23H,10H2,1-2H3,(H,21,24). The highest BCUT2D eigenvalue weighted by molar-refractivity contribution is 7.93.